The van der Waals surface area contributed by atoms with Crippen LogP contribution in [-0.4, -0.2) is 0 Å². The third kappa shape index (κ3) is 1.48. The van der Waals surface area contributed by atoms with E-state index in [2.05, 4.69) is 12.7 Å². The van der Waals surface area contributed by atoms with Gasteiger partial charge in [-0.25, -0.2) is 0 Å². The van der Waals surface area contributed by atoms with E-state index in [-0.39, 0.29) is 0 Å². The molecule has 0 heteroatoms. The largest absolute Gasteiger partial charge is 0.103 e. The molecule has 0 spiro atoms. The highest BCUT2D eigenvalue weighted by Crippen LogP contribution is 2.61. The summed E-state index contributed by atoms with van der Waals surface area (Å²) < 4.78 is 0. The fourth-order valence-electron chi connectivity index (χ4n) is 6.35. The molecule has 94 valence electrons. The summed E-state index contributed by atoms with van der Waals surface area (Å²) in [5, 5.41) is 0. The number of hydrogen-bond donors (Lipinski definition) is 0. The maximum Gasteiger partial charge on any atom is -0.0174 e. The van der Waals surface area contributed by atoms with Crippen LogP contribution in [0, 0.1) is 41.4 Å². The van der Waals surface area contributed by atoms with Gasteiger partial charge in [0.25, 0.3) is 0 Å². The van der Waals surface area contributed by atoms with Crippen LogP contribution in [0.4, 0.5) is 0 Å². The van der Waals surface area contributed by atoms with E-state index in [1.54, 1.807) is 38.5 Å². The predicted molar refractivity (Wildman–Crippen MR) is 71.6 cm³/mol. The number of rotatable bonds is 2. The molecular formula is C17H26. The van der Waals surface area contributed by atoms with Crippen LogP contribution < -0.4 is 0 Å². The zero-order valence-corrected chi connectivity index (χ0v) is 11.0. The first kappa shape index (κ1) is 10.6. The van der Waals surface area contributed by atoms with Crippen LogP contribution in [0.15, 0.2) is 12.7 Å². The van der Waals surface area contributed by atoms with Gasteiger partial charge in [-0.1, -0.05) is 25.3 Å². The standard InChI is InChI=1S/C17H26/c1-2-15-13-6-7-14(10-13)17(15)16-9-11-4-3-5-12(16)8-11/h2,11-17H,1,3-10H2. The van der Waals surface area contributed by atoms with Crippen LogP contribution in [-0.2, 0) is 0 Å². The minimum atomic E-state index is 0.901. The molecular weight excluding hydrogens is 204 g/mol. The van der Waals surface area contributed by atoms with E-state index in [0.717, 1.165) is 41.4 Å². The summed E-state index contributed by atoms with van der Waals surface area (Å²) in [7, 11) is 0. The van der Waals surface area contributed by atoms with Crippen molar-refractivity contribution in [3.8, 4) is 0 Å². The molecule has 4 bridgehead atoms. The van der Waals surface area contributed by atoms with E-state index < -0.39 is 0 Å². The monoisotopic (exact) mass is 230 g/mol. The molecule has 4 saturated carbocycles. The zero-order chi connectivity index (χ0) is 11.4. The smallest absolute Gasteiger partial charge is 0.0174 e. The summed E-state index contributed by atoms with van der Waals surface area (Å²) in [6, 6.07) is 0. The maximum absolute atomic E-state index is 4.17. The molecule has 0 aromatic carbocycles. The summed E-state index contributed by atoms with van der Waals surface area (Å²) in [4.78, 5) is 0. The van der Waals surface area contributed by atoms with Gasteiger partial charge >= 0.3 is 0 Å². The van der Waals surface area contributed by atoms with Crippen molar-refractivity contribution < 1.29 is 0 Å². The fourth-order valence-corrected chi connectivity index (χ4v) is 6.35. The lowest BCUT2D eigenvalue weighted by molar-refractivity contribution is 0.142. The third-order valence-corrected chi connectivity index (χ3v) is 6.85. The summed E-state index contributed by atoms with van der Waals surface area (Å²) in [6.45, 7) is 4.17. The second-order valence-corrected chi connectivity index (χ2v) is 7.42. The van der Waals surface area contributed by atoms with Gasteiger partial charge < -0.3 is 0 Å². The van der Waals surface area contributed by atoms with Gasteiger partial charge in [0, 0.05) is 0 Å². The average Bonchev–Trinajstić information content (AvgIpc) is 3.02. The number of fused-ring (bicyclic) bond motifs is 4. The third-order valence-electron chi connectivity index (χ3n) is 6.85. The Balaban J connectivity index is 1.59. The van der Waals surface area contributed by atoms with E-state index in [9.17, 15) is 0 Å². The van der Waals surface area contributed by atoms with Gasteiger partial charge in [-0.3, -0.25) is 0 Å². The van der Waals surface area contributed by atoms with Crippen LogP contribution >= 0.6 is 0 Å². The van der Waals surface area contributed by atoms with E-state index in [1.807, 2.05) is 0 Å². The molecule has 0 radical (unpaired) electrons. The molecule has 0 N–H and O–H groups in total. The Labute approximate surface area is 106 Å². The van der Waals surface area contributed by atoms with Crippen molar-refractivity contribution in [2.45, 2.75) is 51.4 Å². The van der Waals surface area contributed by atoms with E-state index in [4.69, 9.17) is 0 Å². The summed E-state index contributed by atoms with van der Waals surface area (Å²) in [6.07, 6.45) is 14.8. The van der Waals surface area contributed by atoms with Crippen LogP contribution in [0.3, 0.4) is 0 Å². The molecule has 4 fully saturated rings. The van der Waals surface area contributed by atoms with Crippen molar-refractivity contribution in [1.29, 1.82) is 0 Å². The molecule has 4 rings (SSSR count). The molecule has 0 aromatic rings. The molecule has 4 aliphatic rings. The number of allylic oxidation sites excluding steroid dienone is 1. The lowest BCUT2D eigenvalue weighted by atomic mass is 9.68. The molecule has 0 aliphatic heterocycles. The first-order valence-corrected chi connectivity index (χ1v) is 7.99. The van der Waals surface area contributed by atoms with E-state index in [1.165, 1.54) is 12.8 Å². The normalized spacial score (nSPS) is 56.4. The minimum absolute atomic E-state index is 0.901. The van der Waals surface area contributed by atoms with Gasteiger partial charge in [0.2, 0.25) is 0 Å². The predicted octanol–water partition coefficient (Wildman–Crippen LogP) is 4.66. The second kappa shape index (κ2) is 3.87. The maximum atomic E-state index is 4.17. The Morgan fingerprint density at radius 1 is 0.824 bits per heavy atom. The summed E-state index contributed by atoms with van der Waals surface area (Å²) in [5.74, 6) is 7.40. The Morgan fingerprint density at radius 2 is 1.71 bits per heavy atom. The first-order chi connectivity index (χ1) is 8.36. The quantitative estimate of drug-likeness (QED) is 0.605. The molecule has 0 nitrogen and oxygen atoms in total. The Morgan fingerprint density at radius 3 is 2.53 bits per heavy atom. The van der Waals surface area contributed by atoms with Gasteiger partial charge in [0.1, 0.15) is 0 Å². The highest BCUT2D eigenvalue weighted by molar-refractivity contribution is 5.07. The van der Waals surface area contributed by atoms with Crippen molar-refractivity contribution >= 4 is 0 Å². The summed E-state index contributed by atoms with van der Waals surface area (Å²) >= 11 is 0. The van der Waals surface area contributed by atoms with Gasteiger partial charge in [0.05, 0.1) is 0 Å². The fraction of sp³-hybridized carbons (Fsp3) is 0.882. The van der Waals surface area contributed by atoms with Crippen molar-refractivity contribution in [2.75, 3.05) is 0 Å². The summed E-state index contributed by atoms with van der Waals surface area (Å²) in [5.41, 5.74) is 0. The molecule has 4 aliphatic carbocycles. The lowest BCUT2D eigenvalue weighted by Gasteiger charge is -2.36. The van der Waals surface area contributed by atoms with E-state index >= 15 is 0 Å². The molecule has 7 unspecified atom stereocenters. The van der Waals surface area contributed by atoms with Gasteiger partial charge in [0.15, 0.2) is 0 Å². The topological polar surface area (TPSA) is 0 Å². The Bertz CT molecular complexity index is 318. The molecule has 0 aromatic heterocycles. The minimum Gasteiger partial charge on any atom is -0.103 e. The van der Waals surface area contributed by atoms with Gasteiger partial charge in [-0.2, -0.15) is 0 Å². The zero-order valence-electron chi connectivity index (χ0n) is 11.0. The van der Waals surface area contributed by atoms with Crippen LogP contribution in [0.25, 0.3) is 0 Å². The van der Waals surface area contributed by atoms with Crippen LogP contribution in [0.2, 0.25) is 0 Å². The lowest BCUT2D eigenvalue weighted by Crippen LogP contribution is -2.30. The van der Waals surface area contributed by atoms with Crippen molar-refractivity contribution in [3.63, 3.8) is 0 Å². The first-order valence-electron chi connectivity index (χ1n) is 7.99. The van der Waals surface area contributed by atoms with Crippen molar-refractivity contribution in [2.24, 2.45) is 41.4 Å². The van der Waals surface area contributed by atoms with Crippen LogP contribution in [0.5, 0.6) is 0 Å². The molecule has 0 amide bonds. The SMILES string of the molecule is C=CC1C2CCC(C2)C1C1CC2CCCC1C2. The second-order valence-electron chi connectivity index (χ2n) is 7.42. The van der Waals surface area contributed by atoms with E-state index in [0.29, 0.717) is 0 Å². The number of hydrogen-bond acceptors (Lipinski definition) is 0. The highest BCUT2D eigenvalue weighted by Gasteiger charge is 2.52. The van der Waals surface area contributed by atoms with Gasteiger partial charge in [-0.05, 0) is 73.5 Å². The molecule has 7 atom stereocenters. The van der Waals surface area contributed by atoms with Crippen molar-refractivity contribution in [3.05, 3.63) is 12.7 Å². The van der Waals surface area contributed by atoms with Gasteiger partial charge in [-0.15, -0.1) is 6.58 Å². The van der Waals surface area contributed by atoms with Crippen LogP contribution in [0.1, 0.15) is 51.4 Å². The molecule has 17 heavy (non-hydrogen) atoms. The highest BCUT2D eigenvalue weighted by atomic mass is 14.6. The Hall–Kier alpha value is -0.260. The van der Waals surface area contributed by atoms with Crippen molar-refractivity contribution in [1.82, 2.24) is 0 Å². The molecule has 0 saturated heterocycles. The molecule has 0 heterocycles. The average molecular weight is 230 g/mol. The Kier molecular flexibility index (Phi) is 2.42.